The van der Waals surface area contributed by atoms with Crippen molar-refractivity contribution in [3.05, 3.63) is 36.1 Å². The van der Waals surface area contributed by atoms with Gasteiger partial charge in [0.05, 0.1) is 0 Å². The van der Waals surface area contributed by atoms with E-state index < -0.39 is 0 Å². The zero-order chi connectivity index (χ0) is 8.15. The highest BCUT2D eigenvalue weighted by atomic mass is 14.8. The zero-order valence-electron chi connectivity index (χ0n) is 6.99. The van der Waals surface area contributed by atoms with Gasteiger partial charge in [0.15, 0.2) is 0 Å². The van der Waals surface area contributed by atoms with Crippen LogP contribution in [0, 0.1) is 0 Å². The first-order chi connectivity index (χ1) is 4.57. The summed E-state index contributed by atoms with van der Waals surface area (Å²) in [5, 5.41) is 2.94. The van der Waals surface area contributed by atoms with Crippen molar-refractivity contribution in [1.82, 2.24) is 5.32 Å². The van der Waals surface area contributed by atoms with Gasteiger partial charge in [-0.1, -0.05) is 18.7 Å². The van der Waals surface area contributed by atoms with E-state index in [1.807, 2.05) is 27.0 Å². The van der Waals surface area contributed by atoms with Crippen LogP contribution in [0.1, 0.15) is 13.8 Å². The fourth-order valence-corrected chi connectivity index (χ4v) is 0.457. The van der Waals surface area contributed by atoms with Gasteiger partial charge in [-0.05, 0) is 25.5 Å². The molecule has 0 heterocycles. The van der Waals surface area contributed by atoms with Gasteiger partial charge >= 0.3 is 0 Å². The van der Waals surface area contributed by atoms with Crippen molar-refractivity contribution >= 4 is 0 Å². The Morgan fingerprint density at radius 1 is 1.30 bits per heavy atom. The van der Waals surface area contributed by atoms with E-state index in [9.17, 15) is 0 Å². The maximum Gasteiger partial charge on any atom is 0.0267 e. The molecule has 0 aliphatic rings. The molecule has 0 saturated heterocycles. The molecule has 1 nitrogen and oxygen atoms in total. The van der Waals surface area contributed by atoms with Gasteiger partial charge in [-0.2, -0.15) is 0 Å². The minimum Gasteiger partial charge on any atom is -0.389 e. The van der Waals surface area contributed by atoms with Crippen LogP contribution in [0.15, 0.2) is 36.1 Å². The van der Waals surface area contributed by atoms with Crippen LogP contribution in [-0.2, 0) is 0 Å². The number of allylic oxidation sites excluding steroid dienone is 3. The van der Waals surface area contributed by atoms with Crippen LogP contribution < -0.4 is 5.32 Å². The summed E-state index contributed by atoms with van der Waals surface area (Å²) in [6.45, 7) is 11.6. The summed E-state index contributed by atoms with van der Waals surface area (Å²) in [5.74, 6) is 0. The lowest BCUT2D eigenvalue weighted by molar-refractivity contribution is 1.03. The zero-order valence-corrected chi connectivity index (χ0v) is 6.99. The Hall–Kier alpha value is -0.980. The fourth-order valence-electron chi connectivity index (χ4n) is 0.457. The second-order valence-corrected chi connectivity index (χ2v) is 2.38. The molecular formula is C9H15N. The number of likely N-dealkylation sites (N-methyl/N-ethyl adjacent to an activating group) is 1. The lowest BCUT2D eigenvalue weighted by Gasteiger charge is -2.00. The molecule has 56 valence electrons. The standard InChI is InChI=1S/C9H15N/c1-7(2)8(3)6-9(4)10-5/h6,10H,1,4H2,2-3,5H3/b8-6-. The number of hydrogen-bond acceptors (Lipinski definition) is 1. The number of rotatable bonds is 3. The maximum atomic E-state index is 3.81. The molecule has 0 aromatic carbocycles. The highest BCUT2D eigenvalue weighted by Crippen LogP contribution is 2.06. The molecule has 0 fully saturated rings. The van der Waals surface area contributed by atoms with E-state index in [1.165, 1.54) is 5.57 Å². The van der Waals surface area contributed by atoms with Crippen LogP contribution in [0.2, 0.25) is 0 Å². The second kappa shape index (κ2) is 3.94. The van der Waals surface area contributed by atoms with E-state index in [-0.39, 0.29) is 0 Å². The third-order valence-corrected chi connectivity index (χ3v) is 1.39. The normalized spacial score (nSPS) is 10.9. The SMILES string of the molecule is C=C(/C=C(/C)C(=C)C)NC. The molecule has 0 aromatic rings. The van der Waals surface area contributed by atoms with Crippen molar-refractivity contribution in [3.8, 4) is 0 Å². The molecule has 0 atom stereocenters. The molecule has 0 aromatic heterocycles. The van der Waals surface area contributed by atoms with Crippen LogP contribution in [0.5, 0.6) is 0 Å². The summed E-state index contributed by atoms with van der Waals surface area (Å²) < 4.78 is 0. The van der Waals surface area contributed by atoms with E-state index in [1.54, 1.807) is 0 Å². The van der Waals surface area contributed by atoms with E-state index in [2.05, 4.69) is 18.5 Å². The van der Waals surface area contributed by atoms with Crippen LogP contribution in [-0.4, -0.2) is 7.05 Å². The smallest absolute Gasteiger partial charge is 0.0267 e. The van der Waals surface area contributed by atoms with E-state index in [0.717, 1.165) is 11.3 Å². The third-order valence-electron chi connectivity index (χ3n) is 1.39. The molecule has 1 N–H and O–H groups in total. The monoisotopic (exact) mass is 137 g/mol. The highest BCUT2D eigenvalue weighted by molar-refractivity contribution is 5.30. The second-order valence-electron chi connectivity index (χ2n) is 2.38. The van der Waals surface area contributed by atoms with Gasteiger partial charge in [0.25, 0.3) is 0 Å². The first kappa shape index (κ1) is 9.02. The Balaban J connectivity index is 4.16. The summed E-state index contributed by atoms with van der Waals surface area (Å²) in [6.07, 6.45) is 1.97. The molecule has 0 radical (unpaired) electrons. The number of hydrogen-bond donors (Lipinski definition) is 1. The van der Waals surface area contributed by atoms with Gasteiger partial charge in [-0.15, -0.1) is 0 Å². The van der Waals surface area contributed by atoms with Gasteiger partial charge in [-0.25, -0.2) is 0 Å². The molecule has 0 amide bonds. The molecular weight excluding hydrogens is 122 g/mol. The molecule has 0 saturated carbocycles. The van der Waals surface area contributed by atoms with Gasteiger partial charge in [0.2, 0.25) is 0 Å². The highest BCUT2D eigenvalue weighted by Gasteiger charge is 1.88. The molecule has 10 heavy (non-hydrogen) atoms. The minimum absolute atomic E-state index is 0.917. The topological polar surface area (TPSA) is 12.0 Å². The van der Waals surface area contributed by atoms with E-state index in [0.29, 0.717) is 0 Å². The fraction of sp³-hybridized carbons (Fsp3) is 0.333. The average Bonchev–Trinajstić information content (AvgIpc) is 1.87. The quantitative estimate of drug-likeness (QED) is 0.588. The molecule has 0 unspecified atom stereocenters. The molecule has 0 spiro atoms. The van der Waals surface area contributed by atoms with Crippen LogP contribution >= 0.6 is 0 Å². The van der Waals surface area contributed by atoms with Crippen LogP contribution in [0.25, 0.3) is 0 Å². The van der Waals surface area contributed by atoms with E-state index >= 15 is 0 Å². The van der Waals surface area contributed by atoms with Crippen molar-refractivity contribution < 1.29 is 0 Å². The lowest BCUT2D eigenvalue weighted by Crippen LogP contribution is -2.01. The summed E-state index contributed by atoms with van der Waals surface area (Å²) >= 11 is 0. The Morgan fingerprint density at radius 2 is 1.80 bits per heavy atom. The summed E-state index contributed by atoms with van der Waals surface area (Å²) in [4.78, 5) is 0. The van der Waals surface area contributed by atoms with Crippen molar-refractivity contribution in [2.45, 2.75) is 13.8 Å². The third kappa shape index (κ3) is 3.13. The molecule has 0 aliphatic heterocycles. The maximum absolute atomic E-state index is 3.81. The minimum atomic E-state index is 0.917. The predicted molar refractivity (Wildman–Crippen MR) is 46.8 cm³/mol. The summed E-state index contributed by atoms with van der Waals surface area (Å²) in [5.41, 5.74) is 3.16. The van der Waals surface area contributed by atoms with Crippen LogP contribution in [0.3, 0.4) is 0 Å². The summed E-state index contributed by atoms with van der Waals surface area (Å²) in [7, 11) is 1.85. The first-order valence-corrected chi connectivity index (χ1v) is 3.28. The largest absolute Gasteiger partial charge is 0.389 e. The van der Waals surface area contributed by atoms with Gasteiger partial charge in [0.1, 0.15) is 0 Å². The number of nitrogens with one attached hydrogen (secondary N) is 1. The first-order valence-electron chi connectivity index (χ1n) is 3.28. The van der Waals surface area contributed by atoms with Gasteiger partial charge in [0, 0.05) is 12.7 Å². The van der Waals surface area contributed by atoms with Crippen molar-refractivity contribution in [1.29, 1.82) is 0 Å². The van der Waals surface area contributed by atoms with Gasteiger partial charge < -0.3 is 5.32 Å². The van der Waals surface area contributed by atoms with Crippen molar-refractivity contribution in [3.63, 3.8) is 0 Å². The van der Waals surface area contributed by atoms with Crippen molar-refractivity contribution in [2.75, 3.05) is 7.05 Å². The Labute approximate surface area is 63.1 Å². The molecule has 0 rings (SSSR count). The molecule has 0 aliphatic carbocycles. The predicted octanol–water partition coefficient (Wildman–Crippen LogP) is 2.24. The molecule has 0 bridgehead atoms. The lowest BCUT2D eigenvalue weighted by atomic mass is 10.1. The van der Waals surface area contributed by atoms with Crippen molar-refractivity contribution in [2.24, 2.45) is 0 Å². The van der Waals surface area contributed by atoms with Gasteiger partial charge in [-0.3, -0.25) is 0 Å². The van der Waals surface area contributed by atoms with E-state index in [4.69, 9.17) is 0 Å². The average molecular weight is 137 g/mol. The Kier molecular flexibility index (Phi) is 3.55. The Bertz CT molecular complexity index is 175. The molecule has 1 heteroatoms. The Morgan fingerprint density at radius 3 is 2.10 bits per heavy atom. The van der Waals surface area contributed by atoms with Crippen LogP contribution in [0.4, 0.5) is 0 Å². The summed E-state index contributed by atoms with van der Waals surface area (Å²) in [6, 6.07) is 0.